The number of carbonyl (C=O) groups is 1. The summed E-state index contributed by atoms with van der Waals surface area (Å²) in [6, 6.07) is 3.56. The lowest BCUT2D eigenvalue weighted by atomic mass is 10.2. The molecule has 0 saturated carbocycles. The van der Waals surface area contributed by atoms with Gasteiger partial charge in [-0.2, -0.15) is 0 Å². The van der Waals surface area contributed by atoms with Crippen LogP contribution >= 0.6 is 0 Å². The highest BCUT2D eigenvalue weighted by Crippen LogP contribution is 2.13. The maximum Gasteiger partial charge on any atom is 0.251 e. The number of pyridine rings is 1. The summed E-state index contributed by atoms with van der Waals surface area (Å²) in [4.78, 5) is 18.0. The number of hydrogen-bond acceptors (Lipinski definition) is 4. The minimum Gasteiger partial charge on any atom is -0.355 e. The highest BCUT2D eigenvalue weighted by Gasteiger charge is 2.13. The van der Waals surface area contributed by atoms with Crippen molar-refractivity contribution in [3.05, 3.63) is 23.9 Å². The van der Waals surface area contributed by atoms with E-state index in [9.17, 15) is 4.79 Å². The monoisotopic (exact) mass is 220 g/mol. The van der Waals surface area contributed by atoms with Crippen LogP contribution in [0.1, 0.15) is 10.4 Å². The minimum atomic E-state index is -0.0706. The lowest BCUT2D eigenvalue weighted by Gasteiger charge is -2.28. The molecule has 1 aromatic rings. The van der Waals surface area contributed by atoms with E-state index in [4.69, 9.17) is 0 Å². The number of nitrogens with one attached hydrogen (secondary N) is 2. The van der Waals surface area contributed by atoms with Crippen molar-refractivity contribution >= 4 is 11.7 Å². The van der Waals surface area contributed by atoms with Gasteiger partial charge in [0.15, 0.2) is 0 Å². The number of rotatable bonds is 2. The van der Waals surface area contributed by atoms with Crippen LogP contribution < -0.4 is 15.5 Å². The molecule has 1 saturated heterocycles. The summed E-state index contributed by atoms with van der Waals surface area (Å²) >= 11 is 0. The Bertz CT molecular complexity index is 374. The van der Waals surface area contributed by atoms with E-state index >= 15 is 0 Å². The van der Waals surface area contributed by atoms with E-state index in [2.05, 4.69) is 20.5 Å². The SMILES string of the molecule is CNC(=O)c1ccnc(N2CCNCC2)c1. The first-order valence-electron chi connectivity index (χ1n) is 5.45. The second-order valence-corrected chi connectivity index (χ2v) is 3.72. The van der Waals surface area contributed by atoms with E-state index in [1.807, 2.05) is 6.07 Å². The third kappa shape index (κ3) is 2.30. The van der Waals surface area contributed by atoms with E-state index < -0.39 is 0 Å². The Morgan fingerprint density at radius 2 is 2.25 bits per heavy atom. The molecule has 86 valence electrons. The fourth-order valence-electron chi connectivity index (χ4n) is 1.77. The molecule has 1 amide bonds. The molecule has 5 heteroatoms. The Balaban J connectivity index is 2.17. The molecule has 1 fully saturated rings. The highest BCUT2D eigenvalue weighted by atomic mass is 16.1. The molecule has 0 spiro atoms. The quantitative estimate of drug-likeness (QED) is 0.728. The van der Waals surface area contributed by atoms with E-state index in [-0.39, 0.29) is 5.91 Å². The molecule has 2 rings (SSSR count). The van der Waals surface area contributed by atoms with Gasteiger partial charge in [0.1, 0.15) is 5.82 Å². The first kappa shape index (κ1) is 10.9. The van der Waals surface area contributed by atoms with Crippen molar-refractivity contribution in [2.24, 2.45) is 0 Å². The van der Waals surface area contributed by atoms with Crippen LogP contribution in [0.4, 0.5) is 5.82 Å². The average molecular weight is 220 g/mol. The molecular weight excluding hydrogens is 204 g/mol. The number of aromatic nitrogens is 1. The average Bonchev–Trinajstić information content (AvgIpc) is 2.39. The molecule has 1 aliphatic heterocycles. The highest BCUT2D eigenvalue weighted by molar-refractivity contribution is 5.94. The number of anilines is 1. The standard InChI is InChI=1S/C11H16N4O/c1-12-11(16)9-2-3-14-10(8-9)15-6-4-13-5-7-15/h2-3,8,13H,4-7H2,1H3,(H,12,16). The Hall–Kier alpha value is -1.62. The van der Waals surface area contributed by atoms with Crippen molar-refractivity contribution in [3.63, 3.8) is 0 Å². The lowest BCUT2D eigenvalue weighted by Crippen LogP contribution is -2.44. The fourth-order valence-corrected chi connectivity index (χ4v) is 1.77. The largest absolute Gasteiger partial charge is 0.355 e. The molecule has 0 bridgehead atoms. The summed E-state index contributed by atoms with van der Waals surface area (Å²) < 4.78 is 0. The van der Waals surface area contributed by atoms with Crippen LogP contribution in [0.15, 0.2) is 18.3 Å². The normalized spacial score (nSPS) is 15.9. The molecule has 0 aliphatic carbocycles. The van der Waals surface area contributed by atoms with Crippen LogP contribution in [0.25, 0.3) is 0 Å². The maximum atomic E-state index is 11.5. The lowest BCUT2D eigenvalue weighted by molar-refractivity contribution is 0.0963. The molecule has 0 radical (unpaired) electrons. The number of carbonyl (C=O) groups excluding carboxylic acids is 1. The Kier molecular flexibility index (Phi) is 3.36. The van der Waals surface area contributed by atoms with Crippen molar-refractivity contribution in [2.75, 3.05) is 38.1 Å². The van der Waals surface area contributed by atoms with E-state index in [0.29, 0.717) is 5.56 Å². The second kappa shape index (κ2) is 4.94. The van der Waals surface area contributed by atoms with Gasteiger partial charge in [0.25, 0.3) is 5.91 Å². The van der Waals surface area contributed by atoms with Crippen molar-refractivity contribution in [2.45, 2.75) is 0 Å². The predicted octanol–water partition coefficient (Wildman–Crippen LogP) is -0.149. The van der Waals surface area contributed by atoms with Crippen molar-refractivity contribution in [3.8, 4) is 0 Å². The third-order valence-corrected chi connectivity index (χ3v) is 2.68. The van der Waals surface area contributed by atoms with Gasteiger partial charge in [0, 0.05) is 45.0 Å². The van der Waals surface area contributed by atoms with Gasteiger partial charge < -0.3 is 15.5 Å². The Morgan fingerprint density at radius 3 is 2.94 bits per heavy atom. The third-order valence-electron chi connectivity index (χ3n) is 2.68. The summed E-state index contributed by atoms with van der Waals surface area (Å²) in [5.41, 5.74) is 0.658. The molecular formula is C11H16N4O. The molecule has 1 aromatic heterocycles. The van der Waals surface area contributed by atoms with Gasteiger partial charge in [-0.25, -0.2) is 4.98 Å². The zero-order chi connectivity index (χ0) is 11.4. The zero-order valence-corrected chi connectivity index (χ0v) is 9.36. The summed E-state index contributed by atoms with van der Waals surface area (Å²) in [6.07, 6.45) is 1.68. The first-order chi connectivity index (χ1) is 7.81. The van der Waals surface area contributed by atoms with Crippen LogP contribution in [-0.4, -0.2) is 44.1 Å². The van der Waals surface area contributed by atoms with Crippen molar-refractivity contribution < 1.29 is 4.79 Å². The van der Waals surface area contributed by atoms with Crippen LogP contribution in [0.5, 0.6) is 0 Å². The number of nitrogens with zero attached hydrogens (tertiary/aromatic N) is 2. The van der Waals surface area contributed by atoms with Gasteiger partial charge in [0.05, 0.1) is 0 Å². The van der Waals surface area contributed by atoms with Gasteiger partial charge in [-0.05, 0) is 12.1 Å². The molecule has 2 heterocycles. The minimum absolute atomic E-state index is 0.0706. The topological polar surface area (TPSA) is 57.3 Å². The van der Waals surface area contributed by atoms with E-state index in [1.165, 1.54) is 0 Å². The number of piperazine rings is 1. The Labute approximate surface area is 94.9 Å². The van der Waals surface area contributed by atoms with Gasteiger partial charge in [0.2, 0.25) is 0 Å². The van der Waals surface area contributed by atoms with Gasteiger partial charge in [-0.1, -0.05) is 0 Å². The predicted molar refractivity (Wildman–Crippen MR) is 62.7 cm³/mol. The van der Waals surface area contributed by atoms with Crippen LogP contribution in [0.2, 0.25) is 0 Å². The fraction of sp³-hybridized carbons (Fsp3) is 0.455. The van der Waals surface area contributed by atoms with Gasteiger partial charge in [-0.15, -0.1) is 0 Å². The maximum absolute atomic E-state index is 11.5. The molecule has 0 unspecified atom stereocenters. The molecule has 16 heavy (non-hydrogen) atoms. The summed E-state index contributed by atoms with van der Waals surface area (Å²) in [6.45, 7) is 3.80. The number of amides is 1. The Morgan fingerprint density at radius 1 is 1.50 bits per heavy atom. The summed E-state index contributed by atoms with van der Waals surface area (Å²) in [5.74, 6) is 0.807. The van der Waals surface area contributed by atoms with Crippen molar-refractivity contribution in [1.29, 1.82) is 0 Å². The van der Waals surface area contributed by atoms with Crippen LogP contribution in [0, 0.1) is 0 Å². The number of hydrogen-bond donors (Lipinski definition) is 2. The smallest absolute Gasteiger partial charge is 0.251 e. The summed E-state index contributed by atoms with van der Waals surface area (Å²) in [7, 11) is 1.63. The van der Waals surface area contributed by atoms with E-state index in [1.54, 1.807) is 19.3 Å². The van der Waals surface area contributed by atoms with Crippen LogP contribution in [0.3, 0.4) is 0 Å². The molecule has 1 aliphatic rings. The molecule has 0 aromatic carbocycles. The van der Waals surface area contributed by atoms with Gasteiger partial charge in [-0.3, -0.25) is 4.79 Å². The van der Waals surface area contributed by atoms with E-state index in [0.717, 1.165) is 32.0 Å². The molecule has 2 N–H and O–H groups in total. The second-order valence-electron chi connectivity index (χ2n) is 3.72. The summed E-state index contributed by atoms with van der Waals surface area (Å²) in [5, 5.41) is 5.90. The van der Waals surface area contributed by atoms with Crippen LogP contribution in [-0.2, 0) is 0 Å². The molecule has 5 nitrogen and oxygen atoms in total. The van der Waals surface area contributed by atoms with Gasteiger partial charge >= 0.3 is 0 Å². The zero-order valence-electron chi connectivity index (χ0n) is 9.36. The van der Waals surface area contributed by atoms with Crippen molar-refractivity contribution in [1.82, 2.24) is 15.6 Å². The molecule has 0 atom stereocenters. The first-order valence-corrected chi connectivity index (χ1v) is 5.45.